The molecule has 0 amide bonds. The Morgan fingerprint density at radius 3 is 3.00 bits per heavy atom. The van der Waals surface area contributed by atoms with Crippen LogP contribution in [0, 0.1) is 0 Å². The van der Waals surface area contributed by atoms with Crippen molar-refractivity contribution in [3.63, 3.8) is 0 Å². The van der Waals surface area contributed by atoms with Crippen LogP contribution in [0.2, 0.25) is 0 Å². The van der Waals surface area contributed by atoms with Gasteiger partial charge in [0.2, 0.25) is 0 Å². The summed E-state index contributed by atoms with van der Waals surface area (Å²) in [4.78, 5) is 4.61. The monoisotopic (exact) mass is 338 g/mol. The van der Waals surface area contributed by atoms with E-state index in [4.69, 9.17) is 0 Å². The predicted octanol–water partition coefficient (Wildman–Crippen LogP) is 4.10. The molecule has 3 rings (SSSR count). The van der Waals surface area contributed by atoms with Gasteiger partial charge in [-0.25, -0.2) is 0 Å². The van der Waals surface area contributed by atoms with E-state index in [1.807, 2.05) is 16.2 Å². The van der Waals surface area contributed by atoms with E-state index >= 15 is 0 Å². The molecule has 0 fully saturated rings. The van der Waals surface area contributed by atoms with Crippen molar-refractivity contribution in [3.05, 3.63) is 42.1 Å². The molecule has 16 heavy (non-hydrogen) atoms. The van der Waals surface area contributed by atoms with Crippen LogP contribution in [0.4, 0.5) is 5.69 Å². The Labute approximate surface area is 110 Å². The first-order valence-corrected chi connectivity index (χ1v) is 6.55. The normalized spacial score (nSPS) is 18.9. The van der Waals surface area contributed by atoms with Crippen LogP contribution in [-0.4, -0.2) is 9.94 Å². The summed E-state index contributed by atoms with van der Waals surface area (Å²) in [6.45, 7) is 0. The third-order valence-electron chi connectivity index (χ3n) is 2.64. The zero-order chi connectivity index (χ0) is 11.1. The van der Waals surface area contributed by atoms with Crippen LogP contribution in [0.15, 0.2) is 36.5 Å². The molecule has 0 spiro atoms. The highest BCUT2D eigenvalue weighted by atomic mass is 79.9. The summed E-state index contributed by atoms with van der Waals surface area (Å²) in [7, 11) is 0. The lowest BCUT2D eigenvalue weighted by Gasteiger charge is -2.26. The maximum Gasteiger partial charge on any atom is 0.114 e. The van der Waals surface area contributed by atoms with Crippen molar-refractivity contribution in [2.24, 2.45) is 0 Å². The molecule has 1 aliphatic rings. The number of anilines is 1. The van der Waals surface area contributed by atoms with E-state index in [0.717, 1.165) is 16.6 Å². The molecule has 0 saturated heterocycles. The standard InChI is InChI=1S/C12H8Br2N2/c13-10-6-5-9-4-3-8-2-1-7-15-11(8)12(9)16(10)14/h1-7,10H. The van der Waals surface area contributed by atoms with Crippen molar-refractivity contribution in [1.29, 1.82) is 0 Å². The van der Waals surface area contributed by atoms with E-state index in [-0.39, 0.29) is 4.95 Å². The van der Waals surface area contributed by atoms with Gasteiger partial charge in [0.05, 0.1) is 27.4 Å². The third-order valence-corrected chi connectivity index (χ3v) is 4.70. The van der Waals surface area contributed by atoms with Gasteiger partial charge in [0.15, 0.2) is 0 Å². The lowest BCUT2D eigenvalue weighted by Crippen LogP contribution is -2.21. The molecular formula is C12H8Br2N2. The second-order valence-electron chi connectivity index (χ2n) is 3.62. The first-order chi connectivity index (χ1) is 7.77. The van der Waals surface area contributed by atoms with E-state index in [9.17, 15) is 0 Å². The summed E-state index contributed by atoms with van der Waals surface area (Å²) in [5.41, 5.74) is 3.31. The maximum atomic E-state index is 4.45. The lowest BCUT2D eigenvalue weighted by molar-refractivity contribution is 1.16. The van der Waals surface area contributed by atoms with Crippen LogP contribution in [0.5, 0.6) is 0 Å². The summed E-state index contributed by atoms with van der Waals surface area (Å²) >= 11 is 7.14. The molecule has 1 aromatic carbocycles. The molecule has 1 aliphatic heterocycles. The van der Waals surface area contributed by atoms with Gasteiger partial charge in [-0.15, -0.1) is 0 Å². The Morgan fingerprint density at radius 2 is 2.12 bits per heavy atom. The molecule has 1 unspecified atom stereocenters. The average molecular weight is 340 g/mol. The number of benzene rings is 1. The quantitative estimate of drug-likeness (QED) is 0.408. The number of halogens is 2. The molecule has 1 aromatic heterocycles. The topological polar surface area (TPSA) is 16.1 Å². The predicted molar refractivity (Wildman–Crippen MR) is 74.9 cm³/mol. The van der Waals surface area contributed by atoms with Crippen LogP contribution in [0.25, 0.3) is 17.0 Å². The maximum absolute atomic E-state index is 4.45. The second-order valence-corrected chi connectivity index (χ2v) is 5.32. The largest absolute Gasteiger partial charge is 0.289 e. The first-order valence-electron chi connectivity index (χ1n) is 4.92. The van der Waals surface area contributed by atoms with Gasteiger partial charge in [0.25, 0.3) is 0 Å². The van der Waals surface area contributed by atoms with Crippen molar-refractivity contribution in [2.75, 3.05) is 3.93 Å². The summed E-state index contributed by atoms with van der Waals surface area (Å²) in [5, 5.41) is 1.15. The fourth-order valence-corrected chi connectivity index (χ4v) is 2.75. The van der Waals surface area contributed by atoms with Crippen molar-refractivity contribution in [1.82, 2.24) is 4.98 Å². The highest BCUT2D eigenvalue weighted by Gasteiger charge is 2.20. The summed E-state index contributed by atoms with van der Waals surface area (Å²) < 4.78 is 2.01. The van der Waals surface area contributed by atoms with E-state index in [1.54, 1.807) is 0 Å². The Morgan fingerprint density at radius 1 is 1.25 bits per heavy atom. The molecule has 80 valence electrons. The van der Waals surface area contributed by atoms with Gasteiger partial charge in [-0.05, 0) is 12.1 Å². The first kappa shape index (κ1) is 10.3. The number of pyridine rings is 1. The van der Waals surface area contributed by atoms with Gasteiger partial charge in [-0.3, -0.25) is 8.91 Å². The summed E-state index contributed by atoms with van der Waals surface area (Å²) in [6.07, 6.45) is 6.03. The van der Waals surface area contributed by atoms with Gasteiger partial charge in [-0.2, -0.15) is 0 Å². The van der Waals surface area contributed by atoms with E-state index in [1.165, 1.54) is 5.56 Å². The Bertz CT molecular complexity index is 580. The zero-order valence-electron chi connectivity index (χ0n) is 8.27. The van der Waals surface area contributed by atoms with Gasteiger partial charge in [0.1, 0.15) is 4.95 Å². The number of hydrogen-bond donors (Lipinski definition) is 0. The number of hydrogen-bond acceptors (Lipinski definition) is 2. The minimum absolute atomic E-state index is 0.160. The Hall–Kier alpha value is -0.870. The number of rotatable bonds is 0. The zero-order valence-corrected chi connectivity index (χ0v) is 11.4. The molecule has 0 radical (unpaired) electrons. The smallest absolute Gasteiger partial charge is 0.114 e. The molecular weight excluding hydrogens is 332 g/mol. The van der Waals surface area contributed by atoms with Crippen LogP contribution in [0.3, 0.4) is 0 Å². The molecule has 1 atom stereocenters. The molecule has 0 bridgehead atoms. The van der Waals surface area contributed by atoms with Crippen LogP contribution < -0.4 is 3.93 Å². The fraction of sp³-hybridized carbons (Fsp3) is 0.0833. The summed E-state index contributed by atoms with van der Waals surface area (Å²) in [5.74, 6) is 0. The molecule has 0 N–H and O–H groups in total. The van der Waals surface area contributed by atoms with Crippen LogP contribution >= 0.6 is 32.1 Å². The molecule has 2 nitrogen and oxygen atoms in total. The van der Waals surface area contributed by atoms with Crippen molar-refractivity contribution in [3.8, 4) is 0 Å². The van der Waals surface area contributed by atoms with Gasteiger partial charge < -0.3 is 0 Å². The van der Waals surface area contributed by atoms with Crippen molar-refractivity contribution in [2.45, 2.75) is 4.95 Å². The number of alkyl halides is 1. The Kier molecular flexibility index (Phi) is 2.48. The van der Waals surface area contributed by atoms with Gasteiger partial charge in [0, 0.05) is 17.1 Å². The van der Waals surface area contributed by atoms with Gasteiger partial charge in [-0.1, -0.05) is 40.2 Å². The van der Waals surface area contributed by atoms with Gasteiger partial charge >= 0.3 is 0 Å². The minimum atomic E-state index is 0.160. The van der Waals surface area contributed by atoms with E-state index in [2.05, 4.69) is 67.4 Å². The van der Waals surface area contributed by atoms with Crippen LogP contribution in [0.1, 0.15) is 5.56 Å². The SMILES string of the molecule is BrC1C=Cc2ccc3cccnc3c2N1Br. The van der Waals surface area contributed by atoms with Crippen molar-refractivity contribution < 1.29 is 0 Å². The molecule has 2 aromatic rings. The number of aromatic nitrogens is 1. The highest BCUT2D eigenvalue weighted by Crippen LogP contribution is 2.38. The van der Waals surface area contributed by atoms with Crippen LogP contribution in [-0.2, 0) is 0 Å². The summed E-state index contributed by atoms with van der Waals surface area (Å²) in [6, 6.07) is 8.24. The molecule has 0 aliphatic carbocycles. The second kappa shape index (κ2) is 3.86. The van der Waals surface area contributed by atoms with Crippen molar-refractivity contribution >= 4 is 54.7 Å². The lowest BCUT2D eigenvalue weighted by atomic mass is 10.1. The molecule has 4 heteroatoms. The average Bonchev–Trinajstić information content (AvgIpc) is 2.33. The Balaban J connectivity index is 2.37. The third kappa shape index (κ3) is 1.48. The van der Waals surface area contributed by atoms with E-state index < -0.39 is 0 Å². The molecule has 2 heterocycles. The highest BCUT2D eigenvalue weighted by molar-refractivity contribution is 9.12. The fourth-order valence-electron chi connectivity index (χ4n) is 1.89. The number of nitrogens with zero attached hydrogens (tertiary/aromatic N) is 2. The molecule has 0 saturated carbocycles. The van der Waals surface area contributed by atoms with E-state index in [0.29, 0.717) is 0 Å². The number of fused-ring (bicyclic) bond motifs is 3. The minimum Gasteiger partial charge on any atom is -0.289 e.